The maximum Gasteiger partial charge on any atom is 0.211 e. The molecule has 1 heterocycles. The van der Waals surface area contributed by atoms with Crippen molar-refractivity contribution in [3.05, 3.63) is 16.1 Å². The van der Waals surface area contributed by atoms with Crippen LogP contribution in [0.3, 0.4) is 0 Å². The first-order chi connectivity index (χ1) is 10.5. The van der Waals surface area contributed by atoms with Crippen LogP contribution < -0.4 is 15.4 Å². The number of sulfonamides is 1. The molecule has 0 radical (unpaired) electrons. The topological polar surface area (TPSA) is 95.5 Å². The zero-order chi connectivity index (χ0) is 16.4. The van der Waals surface area contributed by atoms with Gasteiger partial charge in [-0.2, -0.15) is 0 Å². The van der Waals surface area contributed by atoms with E-state index in [1.54, 1.807) is 18.3 Å². The quantitative estimate of drug-likeness (QED) is 0.343. The van der Waals surface area contributed by atoms with E-state index in [0.29, 0.717) is 19.0 Å². The van der Waals surface area contributed by atoms with Gasteiger partial charge in [0.15, 0.2) is 5.96 Å². The average molecular weight is 348 g/mol. The fourth-order valence-electron chi connectivity index (χ4n) is 1.64. The van der Waals surface area contributed by atoms with Crippen LogP contribution in [0, 0.1) is 6.92 Å². The molecular formula is C13H25N5O2S2. The Morgan fingerprint density at radius 2 is 2.09 bits per heavy atom. The van der Waals surface area contributed by atoms with Gasteiger partial charge in [-0.1, -0.05) is 0 Å². The highest BCUT2D eigenvalue weighted by Crippen LogP contribution is 2.07. The van der Waals surface area contributed by atoms with Crippen LogP contribution in [0.25, 0.3) is 0 Å². The van der Waals surface area contributed by atoms with Gasteiger partial charge in [-0.15, -0.1) is 11.3 Å². The fraction of sp³-hybridized carbons (Fsp3) is 0.692. The summed E-state index contributed by atoms with van der Waals surface area (Å²) in [5.41, 5.74) is 1.07. The normalized spacial score (nSPS) is 12.4. The molecule has 0 aromatic carbocycles. The Morgan fingerprint density at radius 1 is 1.32 bits per heavy atom. The van der Waals surface area contributed by atoms with Crippen LogP contribution in [0.2, 0.25) is 0 Å². The van der Waals surface area contributed by atoms with Gasteiger partial charge in [-0.25, -0.2) is 18.1 Å². The summed E-state index contributed by atoms with van der Waals surface area (Å²) >= 11 is 1.64. The summed E-state index contributed by atoms with van der Waals surface area (Å²) in [4.78, 5) is 8.74. The maximum atomic E-state index is 11.3. The second-order valence-corrected chi connectivity index (χ2v) is 7.75. The van der Waals surface area contributed by atoms with Crippen LogP contribution >= 0.6 is 11.3 Å². The highest BCUT2D eigenvalue weighted by molar-refractivity contribution is 7.89. The molecule has 1 aromatic rings. The van der Waals surface area contributed by atoms with Gasteiger partial charge in [0.2, 0.25) is 10.0 Å². The lowest BCUT2D eigenvalue weighted by atomic mass is 10.3. The molecule has 0 aliphatic rings. The largest absolute Gasteiger partial charge is 0.357 e. The van der Waals surface area contributed by atoms with Crippen LogP contribution in [0.5, 0.6) is 0 Å². The third kappa shape index (κ3) is 7.71. The molecule has 0 atom stereocenters. The molecule has 3 N–H and O–H groups in total. The first-order valence-corrected chi connectivity index (χ1v) is 9.90. The number of aryl methyl sites for hydroxylation is 1. The van der Waals surface area contributed by atoms with Crippen LogP contribution in [0.15, 0.2) is 10.4 Å². The van der Waals surface area contributed by atoms with E-state index in [-0.39, 0.29) is 5.75 Å². The number of rotatable bonds is 9. The first-order valence-electron chi connectivity index (χ1n) is 7.37. The van der Waals surface area contributed by atoms with Crippen molar-refractivity contribution in [3.8, 4) is 0 Å². The fourth-order valence-corrected chi connectivity index (χ4v) is 2.90. The lowest BCUT2D eigenvalue weighted by molar-refractivity contribution is 0.583. The van der Waals surface area contributed by atoms with Crippen molar-refractivity contribution in [1.29, 1.82) is 0 Å². The van der Waals surface area contributed by atoms with E-state index in [2.05, 4.69) is 30.7 Å². The Labute approximate surface area is 136 Å². The van der Waals surface area contributed by atoms with Gasteiger partial charge in [-0.3, -0.25) is 4.99 Å². The molecule has 0 unspecified atom stereocenters. The van der Waals surface area contributed by atoms with Crippen molar-refractivity contribution in [1.82, 2.24) is 20.3 Å². The van der Waals surface area contributed by atoms with E-state index >= 15 is 0 Å². The lowest BCUT2D eigenvalue weighted by Crippen LogP contribution is -2.39. The minimum absolute atomic E-state index is 0.0854. The summed E-state index contributed by atoms with van der Waals surface area (Å²) in [6.07, 6.45) is 0.831. The van der Waals surface area contributed by atoms with Crippen molar-refractivity contribution >= 4 is 27.3 Å². The van der Waals surface area contributed by atoms with E-state index in [9.17, 15) is 8.42 Å². The molecule has 0 aliphatic carbocycles. The maximum absolute atomic E-state index is 11.3. The summed E-state index contributed by atoms with van der Waals surface area (Å²) in [5, 5.41) is 9.47. The Hall–Kier alpha value is -1.19. The molecular weight excluding hydrogens is 322 g/mol. The number of thiazole rings is 1. The Balaban J connectivity index is 2.35. The molecule has 0 bridgehead atoms. The van der Waals surface area contributed by atoms with Gasteiger partial charge < -0.3 is 10.6 Å². The number of hydrogen-bond acceptors (Lipinski definition) is 5. The highest BCUT2D eigenvalue weighted by atomic mass is 32.2. The highest BCUT2D eigenvalue weighted by Gasteiger charge is 2.04. The van der Waals surface area contributed by atoms with Crippen molar-refractivity contribution < 1.29 is 8.42 Å². The van der Waals surface area contributed by atoms with Crippen LogP contribution in [-0.4, -0.2) is 51.3 Å². The van der Waals surface area contributed by atoms with Gasteiger partial charge in [0, 0.05) is 31.4 Å². The molecule has 9 heteroatoms. The van der Waals surface area contributed by atoms with E-state index in [0.717, 1.165) is 30.2 Å². The molecule has 1 rings (SSSR count). The number of hydrogen-bond donors (Lipinski definition) is 3. The van der Waals surface area contributed by atoms with E-state index < -0.39 is 10.0 Å². The number of aromatic nitrogens is 1. The summed E-state index contributed by atoms with van der Waals surface area (Å²) < 4.78 is 25.1. The first kappa shape index (κ1) is 18.9. The third-order valence-electron chi connectivity index (χ3n) is 2.77. The number of guanidine groups is 1. The zero-order valence-corrected chi connectivity index (χ0v) is 15.0. The molecule has 0 aliphatic heterocycles. The summed E-state index contributed by atoms with van der Waals surface area (Å²) in [6, 6.07) is 0. The average Bonchev–Trinajstić information content (AvgIpc) is 2.89. The van der Waals surface area contributed by atoms with Crippen molar-refractivity contribution in [3.63, 3.8) is 0 Å². The summed E-state index contributed by atoms with van der Waals surface area (Å²) in [7, 11) is -3.15. The zero-order valence-electron chi connectivity index (χ0n) is 13.3. The number of nitrogens with zero attached hydrogens (tertiary/aromatic N) is 2. The molecule has 0 amide bonds. The SMILES string of the molecule is CCNC(=NCCNS(=O)(=O)CC)NCCc1csc(C)n1. The van der Waals surface area contributed by atoms with Crippen LogP contribution in [0.4, 0.5) is 0 Å². The molecule has 22 heavy (non-hydrogen) atoms. The van der Waals surface area contributed by atoms with Crippen LogP contribution in [0.1, 0.15) is 24.5 Å². The van der Waals surface area contributed by atoms with Crippen molar-refractivity contribution in [2.75, 3.05) is 31.9 Å². The second-order valence-electron chi connectivity index (χ2n) is 4.59. The molecule has 0 fully saturated rings. The third-order valence-corrected chi connectivity index (χ3v) is 4.99. The van der Waals surface area contributed by atoms with E-state index in [4.69, 9.17) is 0 Å². The molecule has 0 spiro atoms. The van der Waals surface area contributed by atoms with Crippen molar-refractivity contribution in [2.24, 2.45) is 4.99 Å². The van der Waals surface area contributed by atoms with Gasteiger partial charge in [0.1, 0.15) is 0 Å². The molecule has 0 saturated carbocycles. The Bertz CT molecular complexity index is 569. The number of nitrogens with one attached hydrogen (secondary N) is 3. The number of aliphatic imine (C=N–C) groups is 1. The van der Waals surface area contributed by atoms with Gasteiger partial charge in [0.05, 0.1) is 23.0 Å². The second kappa shape index (κ2) is 9.75. The monoisotopic (exact) mass is 347 g/mol. The van der Waals surface area contributed by atoms with Crippen molar-refractivity contribution in [2.45, 2.75) is 27.2 Å². The van der Waals surface area contributed by atoms with Crippen LogP contribution in [-0.2, 0) is 16.4 Å². The minimum atomic E-state index is -3.15. The molecule has 126 valence electrons. The Kier molecular flexibility index (Phi) is 8.36. The molecule has 7 nitrogen and oxygen atoms in total. The smallest absolute Gasteiger partial charge is 0.211 e. The van der Waals surface area contributed by atoms with E-state index in [1.807, 2.05) is 13.8 Å². The summed E-state index contributed by atoms with van der Waals surface area (Å²) in [5.74, 6) is 0.771. The standard InChI is InChI=1S/C13H25N5O2S2/c1-4-14-13(16-8-9-17-22(19,20)5-2)15-7-6-12-10-21-11(3)18-12/h10,17H,4-9H2,1-3H3,(H2,14,15,16). The predicted molar refractivity (Wildman–Crippen MR) is 92.0 cm³/mol. The molecule has 0 saturated heterocycles. The van der Waals surface area contributed by atoms with Gasteiger partial charge >= 0.3 is 0 Å². The lowest BCUT2D eigenvalue weighted by Gasteiger charge is -2.10. The van der Waals surface area contributed by atoms with E-state index in [1.165, 1.54) is 0 Å². The Morgan fingerprint density at radius 3 is 2.68 bits per heavy atom. The molecule has 1 aromatic heterocycles. The minimum Gasteiger partial charge on any atom is -0.357 e. The predicted octanol–water partition coefficient (Wildman–Crippen LogP) is 0.488. The van der Waals surface area contributed by atoms with Gasteiger partial charge in [0.25, 0.3) is 0 Å². The van der Waals surface area contributed by atoms with Gasteiger partial charge in [-0.05, 0) is 20.8 Å². The summed E-state index contributed by atoms with van der Waals surface area (Å²) in [6.45, 7) is 7.77.